The third-order valence-corrected chi connectivity index (χ3v) is 2.54. The van der Waals surface area contributed by atoms with Crippen molar-refractivity contribution in [1.82, 2.24) is 0 Å². The predicted molar refractivity (Wildman–Crippen MR) is 60.7 cm³/mol. The first-order chi connectivity index (χ1) is 7.04. The average Bonchev–Trinajstić information content (AvgIpc) is 2.18. The Labute approximate surface area is 96.1 Å². The van der Waals surface area contributed by atoms with E-state index in [2.05, 4.69) is 15.9 Å². The molecule has 1 atom stereocenters. The molecule has 0 aliphatic heterocycles. The van der Waals surface area contributed by atoms with Crippen LogP contribution in [0.4, 0.5) is 4.39 Å². The van der Waals surface area contributed by atoms with Gasteiger partial charge in [0, 0.05) is 6.07 Å². The summed E-state index contributed by atoms with van der Waals surface area (Å²) in [5.74, 6) is -0.0858. The second-order valence-corrected chi connectivity index (χ2v) is 3.90. The summed E-state index contributed by atoms with van der Waals surface area (Å²) in [6, 6.07) is 4.14. The Morgan fingerprint density at radius 3 is 2.87 bits per heavy atom. The quantitative estimate of drug-likeness (QED) is 0.655. The highest BCUT2D eigenvalue weighted by Crippen LogP contribution is 2.26. The number of nitrogens with one attached hydrogen (secondary N) is 1. The Bertz CT molecular complexity index is 370. The Hall–Kier alpha value is -1.10. The van der Waals surface area contributed by atoms with E-state index in [1.807, 2.05) is 6.92 Å². The van der Waals surface area contributed by atoms with Crippen LogP contribution in [0.25, 0.3) is 0 Å². The van der Waals surface area contributed by atoms with Gasteiger partial charge in [-0.25, -0.2) is 4.39 Å². The van der Waals surface area contributed by atoms with Crippen molar-refractivity contribution in [1.29, 1.82) is 5.41 Å². The van der Waals surface area contributed by atoms with Gasteiger partial charge < -0.3 is 10.5 Å². The fourth-order valence-electron chi connectivity index (χ4n) is 1.09. The van der Waals surface area contributed by atoms with Crippen molar-refractivity contribution >= 4 is 21.8 Å². The zero-order chi connectivity index (χ0) is 11.4. The van der Waals surface area contributed by atoms with Gasteiger partial charge in [-0.15, -0.1) is 0 Å². The van der Waals surface area contributed by atoms with Crippen LogP contribution in [0.15, 0.2) is 22.7 Å². The van der Waals surface area contributed by atoms with Gasteiger partial charge in [0.05, 0.1) is 4.47 Å². The van der Waals surface area contributed by atoms with Crippen LogP contribution in [0.5, 0.6) is 5.75 Å². The van der Waals surface area contributed by atoms with Crippen molar-refractivity contribution < 1.29 is 9.13 Å². The molecule has 0 spiro atoms. The summed E-state index contributed by atoms with van der Waals surface area (Å²) in [4.78, 5) is 0. The first kappa shape index (κ1) is 12.0. The minimum atomic E-state index is -0.511. The molecule has 1 aromatic rings. The zero-order valence-corrected chi connectivity index (χ0v) is 9.84. The molecule has 0 radical (unpaired) electrons. The molecule has 1 unspecified atom stereocenters. The first-order valence-electron chi connectivity index (χ1n) is 4.50. The molecule has 1 aromatic carbocycles. The number of benzene rings is 1. The smallest absolute Gasteiger partial charge is 0.155 e. The summed E-state index contributed by atoms with van der Waals surface area (Å²) in [7, 11) is 0. The molecular weight excluding hydrogens is 263 g/mol. The molecule has 0 saturated carbocycles. The zero-order valence-electron chi connectivity index (χ0n) is 8.26. The van der Waals surface area contributed by atoms with Crippen LogP contribution in [0.1, 0.15) is 13.3 Å². The molecule has 5 heteroatoms. The van der Waals surface area contributed by atoms with Gasteiger partial charge in [-0.05, 0) is 34.5 Å². The maximum atomic E-state index is 12.9. The van der Waals surface area contributed by atoms with Crippen molar-refractivity contribution in [2.24, 2.45) is 5.73 Å². The van der Waals surface area contributed by atoms with Crippen LogP contribution in [-0.4, -0.2) is 11.9 Å². The molecule has 82 valence electrons. The highest BCUT2D eigenvalue weighted by atomic mass is 79.9. The summed E-state index contributed by atoms with van der Waals surface area (Å²) in [5.41, 5.74) is 5.33. The SMILES string of the molecule is CCC(Oc1cc(F)ccc1Br)C(=N)N. The van der Waals surface area contributed by atoms with Crippen molar-refractivity contribution in [2.45, 2.75) is 19.4 Å². The van der Waals surface area contributed by atoms with E-state index in [1.165, 1.54) is 12.1 Å². The summed E-state index contributed by atoms with van der Waals surface area (Å²) in [6.45, 7) is 1.85. The molecular formula is C10H12BrFN2O. The van der Waals surface area contributed by atoms with Crippen molar-refractivity contribution in [3.05, 3.63) is 28.5 Å². The Balaban J connectivity index is 2.87. The minimum absolute atomic E-state index is 0.0614. The third-order valence-electron chi connectivity index (χ3n) is 1.88. The van der Waals surface area contributed by atoms with E-state index < -0.39 is 6.10 Å². The van der Waals surface area contributed by atoms with Gasteiger partial charge >= 0.3 is 0 Å². The van der Waals surface area contributed by atoms with E-state index >= 15 is 0 Å². The lowest BCUT2D eigenvalue weighted by atomic mass is 10.2. The first-order valence-corrected chi connectivity index (χ1v) is 5.29. The van der Waals surface area contributed by atoms with E-state index in [4.69, 9.17) is 15.9 Å². The summed E-state index contributed by atoms with van der Waals surface area (Å²) < 4.78 is 19.0. The van der Waals surface area contributed by atoms with Crippen molar-refractivity contribution in [3.8, 4) is 5.75 Å². The maximum Gasteiger partial charge on any atom is 0.155 e. The minimum Gasteiger partial charge on any atom is -0.481 e. The lowest BCUT2D eigenvalue weighted by Gasteiger charge is -2.16. The highest BCUT2D eigenvalue weighted by Gasteiger charge is 2.13. The normalized spacial score (nSPS) is 12.2. The predicted octanol–water partition coefficient (Wildman–Crippen LogP) is 2.68. The number of ether oxygens (including phenoxy) is 1. The molecule has 0 amide bonds. The van der Waals surface area contributed by atoms with Crippen molar-refractivity contribution in [3.63, 3.8) is 0 Å². The van der Waals surface area contributed by atoms with Crippen LogP contribution >= 0.6 is 15.9 Å². The number of amidine groups is 1. The Kier molecular flexibility index (Phi) is 4.08. The summed E-state index contributed by atoms with van der Waals surface area (Å²) >= 11 is 3.23. The van der Waals surface area contributed by atoms with Gasteiger partial charge in [-0.2, -0.15) is 0 Å². The van der Waals surface area contributed by atoms with E-state index in [0.29, 0.717) is 16.6 Å². The number of nitrogens with two attached hydrogens (primary N) is 1. The van der Waals surface area contributed by atoms with E-state index in [0.717, 1.165) is 0 Å². The molecule has 0 saturated heterocycles. The van der Waals surface area contributed by atoms with Crippen LogP contribution in [0.3, 0.4) is 0 Å². The molecule has 1 rings (SSSR count). The summed E-state index contributed by atoms with van der Waals surface area (Å²) in [6.07, 6.45) is 0.0567. The average molecular weight is 275 g/mol. The molecule has 3 N–H and O–H groups in total. The van der Waals surface area contributed by atoms with E-state index in [-0.39, 0.29) is 11.7 Å². The standard InChI is InChI=1S/C10H12BrFN2O/c1-2-8(10(13)14)15-9-5-6(12)3-4-7(9)11/h3-5,8H,2H2,1H3,(H3,13,14). The summed E-state index contributed by atoms with van der Waals surface area (Å²) in [5, 5.41) is 7.27. The number of hydrogen-bond acceptors (Lipinski definition) is 2. The van der Waals surface area contributed by atoms with Gasteiger partial charge in [0.15, 0.2) is 6.10 Å². The molecule has 0 bridgehead atoms. The van der Waals surface area contributed by atoms with Crippen molar-refractivity contribution in [2.75, 3.05) is 0 Å². The molecule has 0 heterocycles. The molecule has 0 aliphatic carbocycles. The lowest BCUT2D eigenvalue weighted by molar-refractivity contribution is 0.257. The molecule has 0 aliphatic rings. The maximum absolute atomic E-state index is 12.9. The third kappa shape index (κ3) is 3.20. The highest BCUT2D eigenvalue weighted by molar-refractivity contribution is 9.10. The molecule has 0 fully saturated rings. The number of halogens is 2. The van der Waals surface area contributed by atoms with Gasteiger partial charge in [-0.3, -0.25) is 5.41 Å². The fraction of sp³-hybridized carbons (Fsp3) is 0.300. The second kappa shape index (κ2) is 5.11. The Morgan fingerprint density at radius 1 is 1.67 bits per heavy atom. The topological polar surface area (TPSA) is 59.1 Å². The molecule has 3 nitrogen and oxygen atoms in total. The monoisotopic (exact) mass is 274 g/mol. The van der Waals surface area contributed by atoms with Crippen LogP contribution in [-0.2, 0) is 0 Å². The van der Waals surface area contributed by atoms with Crippen LogP contribution < -0.4 is 10.5 Å². The lowest BCUT2D eigenvalue weighted by Crippen LogP contribution is -2.32. The van der Waals surface area contributed by atoms with E-state index in [9.17, 15) is 4.39 Å². The van der Waals surface area contributed by atoms with E-state index in [1.54, 1.807) is 6.07 Å². The Morgan fingerprint density at radius 2 is 2.33 bits per heavy atom. The van der Waals surface area contributed by atoms with Gasteiger partial charge in [0.2, 0.25) is 0 Å². The largest absolute Gasteiger partial charge is 0.481 e. The van der Waals surface area contributed by atoms with Gasteiger partial charge in [0.25, 0.3) is 0 Å². The molecule has 0 aromatic heterocycles. The number of hydrogen-bond donors (Lipinski definition) is 2. The van der Waals surface area contributed by atoms with Gasteiger partial charge in [0.1, 0.15) is 17.4 Å². The molecule has 15 heavy (non-hydrogen) atoms. The number of rotatable bonds is 4. The van der Waals surface area contributed by atoms with Crippen LogP contribution in [0, 0.1) is 11.2 Å². The fourth-order valence-corrected chi connectivity index (χ4v) is 1.43. The second-order valence-electron chi connectivity index (χ2n) is 3.04. The van der Waals surface area contributed by atoms with Crippen LogP contribution in [0.2, 0.25) is 0 Å². The van der Waals surface area contributed by atoms with Gasteiger partial charge in [-0.1, -0.05) is 6.92 Å².